The first kappa shape index (κ1) is 36.0. The Hall–Kier alpha value is -1.08. The van der Waals surface area contributed by atoms with Gasteiger partial charge in [-0.15, -0.1) is 0 Å². The topological polar surface area (TPSA) is 175 Å². The van der Waals surface area contributed by atoms with Crippen LogP contribution in [0.25, 0.3) is 0 Å². The largest absolute Gasteiger partial charge is 2.00 e. The van der Waals surface area contributed by atoms with Gasteiger partial charge in [-0.25, -0.2) is 0 Å². The van der Waals surface area contributed by atoms with E-state index in [0.717, 1.165) is 0 Å². The molecule has 0 rings (SSSR count). The summed E-state index contributed by atoms with van der Waals surface area (Å²) < 4.78 is 63.1. The van der Waals surface area contributed by atoms with Crippen LogP contribution < -0.4 is 10.2 Å². The molecule has 0 aliphatic rings. The molecule has 0 aliphatic heterocycles. The van der Waals surface area contributed by atoms with Crippen molar-refractivity contribution in [1.82, 2.24) is 0 Å². The maximum atomic E-state index is 10.5. The molecular formula is C4H6F6MnO7. The zero-order valence-corrected chi connectivity index (χ0v) is 8.96. The molecule has 0 spiro atoms. The van der Waals surface area contributed by atoms with Gasteiger partial charge in [0.25, 0.3) is 0 Å². The first-order chi connectivity index (χ1) is 5.89. The van der Waals surface area contributed by atoms with E-state index in [1.807, 2.05) is 0 Å². The minimum Gasteiger partial charge on any atom is -0.542 e. The Balaban J connectivity index is -0.0000000327. The van der Waals surface area contributed by atoms with Crippen molar-refractivity contribution in [2.45, 2.75) is 12.4 Å². The maximum Gasteiger partial charge on any atom is 2.00 e. The van der Waals surface area contributed by atoms with Crippen LogP contribution >= 0.6 is 0 Å². The van der Waals surface area contributed by atoms with Crippen molar-refractivity contribution in [2.24, 2.45) is 0 Å². The van der Waals surface area contributed by atoms with Crippen LogP contribution in [0.1, 0.15) is 0 Å². The molecule has 0 unspecified atom stereocenters. The number of hydrogen-bond donors (Lipinski definition) is 0. The number of rotatable bonds is 0. The molecule has 0 heterocycles. The van der Waals surface area contributed by atoms with Gasteiger partial charge in [-0.3, -0.25) is 0 Å². The van der Waals surface area contributed by atoms with Gasteiger partial charge in [-0.1, -0.05) is 0 Å². The normalized spacial score (nSPS) is 8.78. The molecular weight excluding hydrogens is 329 g/mol. The Bertz CT molecular complexity index is 201. The standard InChI is InChI=1S/2C2HF3O2.Mn.3H2O/c2*3-2(4,5)1(6)7;;;;/h2*(H,6,7);;3*1H2/q;;+2;;;/p-2. The summed E-state index contributed by atoms with van der Waals surface area (Å²) in [6.45, 7) is 0. The van der Waals surface area contributed by atoms with Crippen LogP contribution in [-0.2, 0) is 26.7 Å². The zero-order chi connectivity index (χ0) is 12.2. The predicted octanol–water partition coefficient (Wildman–Crippen LogP) is -3.88. The van der Waals surface area contributed by atoms with Crippen LogP contribution in [0.3, 0.4) is 0 Å². The van der Waals surface area contributed by atoms with Crippen molar-refractivity contribution in [3.05, 3.63) is 0 Å². The van der Waals surface area contributed by atoms with Gasteiger partial charge in [-0.05, 0) is 0 Å². The molecule has 18 heavy (non-hydrogen) atoms. The molecule has 0 aromatic carbocycles. The van der Waals surface area contributed by atoms with Gasteiger partial charge in [0.2, 0.25) is 0 Å². The molecule has 0 aromatic heterocycles. The minimum absolute atomic E-state index is 0. The number of alkyl halides is 6. The third-order valence-corrected chi connectivity index (χ3v) is 0.463. The second kappa shape index (κ2) is 12.4. The van der Waals surface area contributed by atoms with Crippen molar-refractivity contribution >= 4 is 11.9 Å². The summed E-state index contributed by atoms with van der Waals surface area (Å²) >= 11 is 0. The van der Waals surface area contributed by atoms with Gasteiger partial charge in [0, 0.05) is 0 Å². The smallest absolute Gasteiger partial charge is 0.542 e. The SMILES string of the molecule is O.O.O.O=C([O-])C(F)(F)F.O=C([O-])C(F)(F)F.[Mn+2]. The van der Waals surface area contributed by atoms with E-state index in [0.29, 0.717) is 0 Å². The summed E-state index contributed by atoms with van der Waals surface area (Å²) in [6, 6.07) is 0. The van der Waals surface area contributed by atoms with Gasteiger partial charge in [0.05, 0.1) is 0 Å². The van der Waals surface area contributed by atoms with Crippen molar-refractivity contribution in [3.63, 3.8) is 0 Å². The number of carbonyl (C=O) groups is 2. The Labute approximate surface area is 105 Å². The van der Waals surface area contributed by atoms with Crippen LogP contribution in [0, 0.1) is 0 Å². The Morgan fingerprint density at radius 1 is 0.667 bits per heavy atom. The molecule has 7 nitrogen and oxygen atoms in total. The molecule has 0 aliphatic carbocycles. The average Bonchev–Trinajstić information content (AvgIpc) is 1.83. The van der Waals surface area contributed by atoms with Gasteiger partial charge in [-0.2, -0.15) is 26.3 Å². The summed E-state index contributed by atoms with van der Waals surface area (Å²) in [5.74, 6) is -6.01. The van der Waals surface area contributed by atoms with Crippen LogP contribution in [0.2, 0.25) is 0 Å². The fourth-order valence-corrected chi connectivity index (χ4v) is 0. The molecule has 0 bridgehead atoms. The van der Waals surface area contributed by atoms with Crippen molar-refractivity contribution in [2.75, 3.05) is 0 Å². The molecule has 0 aromatic rings. The zero-order valence-electron chi connectivity index (χ0n) is 7.78. The monoisotopic (exact) mass is 335 g/mol. The predicted molar refractivity (Wildman–Crippen MR) is 33.0 cm³/mol. The molecule has 0 saturated heterocycles. The molecule has 0 atom stereocenters. The van der Waals surface area contributed by atoms with Gasteiger partial charge in [0.1, 0.15) is 11.9 Å². The molecule has 6 N–H and O–H groups in total. The minimum atomic E-state index is -5.19. The second-order valence-corrected chi connectivity index (χ2v) is 1.57. The number of halogens is 6. The number of carbonyl (C=O) groups excluding carboxylic acids is 2. The molecule has 1 radical (unpaired) electrons. The molecule has 113 valence electrons. The summed E-state index contributed by atoms with van der Waals surface area (Å²) in [7, 11) is 0. The summed E-state index contributed by atoms with van der Waals surface area (Å²) in [6.07, 6.45) is -10.4. The van der Waals surface area contributed by atoms with E-state index in [-0.39, 0.29) is 33.5 Å². The molecule has 0 saturated carbocycles. The van der Waals surface area contributed by atoms with Crippen LogP contribution in [0.5, 0.6) is 0 Å². The quantitative estimate of drug-likeness (QED) is 0.325. The summed E-state index contributed by atoms with van der Waals surface area (Å²) in [4.78, 5) is 17.6. The van der Waals surface area contributed by atoms with Crippen molar-refractivity contribution in [3.8, 4) is 0 Å². The number of hydrogen-bond acceptors (Lipinski definition) is 4. The average molecular weight is 335 g/mol. The van der Waals surface area contributed by atoms with Gasteiger partial charge >= 0.3 is 29.4 Å². The third-order valence-electron chi connectivity index (χ3n) is 0.463. The van der Waals surface area contributed by atoms with E-state index in [2.05, 4.69) is 0 Å². The van der Waals surface area contributed by atoms with Crippen LogP contribution in [-0.4, -0.2) is 40.7 Å². The second-order valence-electron chi connectivity index (χ2n) is 1.57. The molecule has 0 amide bonds. The number of carboxylic acids is 2. The third kappa shape index (κ3) is 24.2. The first-order valence-electron chi connectivity index (χ1n) is 2.45. The van der Waals surface area contributed by atoms with E-state index in [1.165, 1.54) is 0 Å². The fourth-order valence-electron chi connectivity index (χ4n) is 0. The van der Waals surface area contributed by atoms with E-state index >= 15 is 0 Å². The Kier molecular flexibility index (Phi) is 24.7. The van der Waals surface area contributed by atoms with Crippen LogP contribution in [0.15, 0.2) is 0 Å². The van der Waals surface area contributed by atoms with E-state index < -0.39 is 24.3 Å². The van der Waals surface area contributed by atoms with E-state index in [1.54, 1.807) is 0 Å². The Morgan fingerprint density at radius 2 is 0.722 bits per heavy atom. The van der Waals surface area contributed by atoms with Gasteiger partial charge < -0.3 is 36.2 Å². The fraction of sp³-hybridized carbons (Fsp3) is 0.500. The number of aliphatic carboxylic acids is 2. The van der Waals surface area contributed by atoms with Crippen LogP contribution in [0.4, 0.5) is 26.3 Å². The first-order valence-corrected chi connectivity index (χ1v) is 2.45. The van der Waals surface area contributed by atoms with E-state index in [4.69, 9.17) is 19.8 Å². The summed E-state index contributed by atoms with van der Waals surface area (Å²) in [5.41, 5.74) is 0. The maximum absolute atomic E-state index is 10.5. The van der Waals surface area contributed by atoms with E-state index in [9.17, 15) is 26.3 Å². The van der Waals surface area contributed by atoms with Crippen molar-refractivity contribution < 1.29 is 79.6 Å². The van der Waals surface area contributed by atoms with Crippen molar-refractivity contribution in [1.29, 1.82) is 0 Å². The Morgan fingerprint density at radius 3 is 0.722 bits per heavy atom. The molecule has 0 fully saturated rings. The number of carboxylic acid groups (broad SMARTS) is 2. The van der Waals surface area contributed by atoms with Gasteiger partial charge in [0.15, 0.2) is 0 Å². The molecule has 14 heteroatoms. The summed E-state index contributed by atoms with van der Waals surface area (Å²) in [5, 5.41) is 17.6.